The number of anilines is 1. The van der Waals surface area contributed by atoms with Crippen molar-refractivity contribution in [3.8, 4) is 5.75 Å². The molecule has 0 aromatic heterocycles. The van der Waals surface area contributed by atoms with Gasteiger partial charge in [-0.2, -0.15) is 0 Å². The summed E-state index contributed by atoms with van der Waals surface area (Å²) in [6.45, 7) is 2.01. The molecule has 114 valence electrons. The maximum Gasteiger partial charge on any atom is 0.228 e. The van der Waals surface area contributed by atoms with Crippen molar-refractivity contribution in [1.29, 1.82) is 0 Å². The molecule has 1 spiro atoms. The summed E-state index contributed by atoms with van der Waals surface area (Å²) >= 11 is 12.2. The summed E-state index contributed by atoms with van der Waals surface area (Å²) in [5.41, 5.74) is 0.835. The van der Waals surface area contributed by atoms with Gasteiger partial charge in [-0.05, 0) is 49.9 Å². The lowest BCUT2D eigenvalue weighted by Gasteiger charge is -2.23. The van der Waals surface area contributed by atoms with Gasteiger partial charge in [0.15, 0.2) is 5.75 Å². The van der Waals surface area contributed by atoms with Crippen LogP contribution in [0.1, 0.15) is 19.3 Å². The van der Waals surface area contributed by atoms with E-state index >= 15 is 0 Å². The molecule has 1 heterocycles. The van der Waals surface area contributed by atoms with E-state index in [0.717, 1.165) is 32.4 Å². The Kier molecular flexibility index (Phi) is 4.04. The van der Waals surface area contributed by atoms with Gasteiger partial charge in [-0.3, -0.25) is 4.79 Å². The van der Waals surface area contributed by atoms with E-state index in [9.17, 15) is 4.79 Å². The van der Waals surface area contributed by atoms with Gasteiger partial charge in [0.25, 0.3) is 0 Å². The van der Waals surface area contributed by atoms with Crippen molar-refractivity contribution in [3.63, 3.8) is 0 Å². The molecule has 1 saturated heterocycles. The van der Waals surface area contributed by atoms with Crippen molar-refractivity contribution in [2.75, 3.05) is 25.5 Å². The third-order valence-electron chi connectivity index (χ3n) is 4.58. The first kappa shape index (κ1) is 14.9. The van der Waals surface area contributed by atoms with E-state index in [1.54, 1.807) is 12.1 Å². The Balaban J connectivity index is 1.69. The number of rotatable bonds is 3. The predicted octanol–water partition coefficient (Wildman–Crippen LogP) is 3.33. The summed E-state index contributed by atoms with van der Waals surface area (Å²) in [7, 11) is 1.51. The van der Waals surface area contributed by atoms with E-state index in [-0.39, 0.29) is 17.2 Å². The number of piperidine rings is 1. The van der Waals surface area contributed by atoms with Gasteiger partial charge >= 0.3 is 0 Å². The molecule has 3 rings (SSSR count). The Morgan fingerprint density at radius 1 is 1.33 bits per heavy atom. The second-order valence-electron chi connectivity index (χ2n) is 5.83. The van der Waals surface area contributed by atoms with Gasteiger partial charge in [0, 0.05) is 11.6 Å². The van der Waals surface area contributed by atoms with E-state index in [2.05, 4.69) is 10.6 Å². The van der Waals surface area contributed by atoms with Gasteiger partial charge in [-0.15, -0.1) is 0 Å². The molecule has 1 aromatic carbocycles. The topological polar surface area (TPSA) is 50.4 Å². The number of methoxy groups -OCH3 is 1. The maximum atomic E-state index is 12.4. The van der Waals surface area contributed by atoms with Crippen molar-refractivity contribution >= 4 is 34.8 Å². The third kappa shape index (κ3) is 2.85. The number of amides is 1. The van der Waals surface area contributed by atoms with Gasteiger partial charge in [-0.25, -0.2) is 0 Å². The fourth-order valence-corrected chi connectivity index (χ4v) is 3.89. The number of hydrogen-bond donors (Lipinski definition) is 2. The van der Waals surface area contributed by atoms with Crippen LogP contribution in [0.25, 0.3) is 0 Å². The molecule has 1 aliphatic heterocycles. The molecular formula is C15H18Cl2N2O2. The Morgan fingerprint density at radius 2 is 1.95 bits per heavy atom. The summed E-state index contributed by atoms with van der Waals surface area (Å²) in [5, 5.41) is 7.05. The van der Waals surface area contributed by atoms with Crippen LogP contribution in [0.5, 0.6) is 5.75 Å². The van der Waals surface area contributed by atoms with Crippen LogP contribution < -0.4 is 15.4 Å². The van der Waals surface area contributed by atoms with E-state index in [4.69, 9.17) is 27.9 Å². The number of nitrogens with one attached hydrogen (secondary N) is 2. The summed E-state index contributed by atoms with van der Waals surface area (Å²) in [5.74, 6) is 0.603. The monoisotopic (exact) mass is 328 g/mol. The average molecular weight is 329 g/mol. The smallest absolute Gasteiger partial charge is 0.228 e. The van der Waals surface area contributed by atoms with Crippen LogP contribution in [0.15, 0.2) is 12.1 Å². The van der Waals surface area contributed by atoms with E-state index in [1.165, 1.54) is 7.11 Å². The van der Waals surface area contributed by atoms with E-state index in [0.29, 0.717) is 21.5 Å². The summed E-state index contributed by atoms with van der Waals surface area (Å²) < 4.78 is 5.10. The summed E-state index contributed by atoms with van der Waals surface area (Å²) in [6.07, 6.45) is 3.14. The molecule has 2 N–H and O–H groups in total. The zero-order valence-electron chi connectivity index (χ0n) is 11.8. The Hall–Kier alpha value is -0.970. The van der Waals surface area contributed by atoms with Gasteiger partial charge in [-0.1, -0.05) is 23.2 Å². The lowest BCUT2D eigenvalue weighted by molar-refractivity contribution is -0.118. The fraction of sp³-hybridized carbons (Fsp3) is 0.533. The minimum Gasteiger partial charge on any atom is -0.494 e. The molecule has 1 aliphatic carbocycles. The molecule has 0 bridgehead atoms. The average Bonchev–Trinajstić information content (AvgIpc) is 3.13. The molecule has 0 radical (unpaired) electrons. The maximum absolute atomic E-state index is 12.4. The van der Waals surface area contributed by atoms with Crippen molar-refractivity contribution in [1.82, 2.24) is 5.32 Å². The second kappa shape index (κ2) is 5.67. The highest BCUT2D eigenvalue weighted by atomic mass is 35.5. The standard InChI is InChI=1S/C15H18Cl2N2O2/c1-21-13-11(16)6-9(7-12(13)17)19-14(20)10-8-15(10)2-4-18-5-3-15/h6-7,10,18H,2-5,8H2,1H3,(H,19,20). The summed E-state index contributed by atoms with van der Waals surface area (Å²) in [6, 6.07) is 3.34. The second-order valence-corrected chi connectivity index (χ2v) is 6.65. The highest BCUT2D eigenvalue weighted by molar-refractivity contribution is 6.37. The number of carbonyl (C=O) groups is 1. The van der Waals surface area contributed by atoms with E-state index < -0.39 is 0 Å². The van der Waals surface area contributed by atoms with Crippen LogP contribution in [-0.4, -0.2) is 26.1 Å². The lowest BCUT2D eigenvalue weighted by Crippen LogP contribution is -2.31. The van der Waals surface area contributed by atoms with Crippen molar-refractivity contribution in [2.24, 2.45) is 11.3 Å². The number of hydrogen-bond acceptors (Lipinski definition) is 3. The minimum atomic E-state index is 0.0641. The van der Waals surface area contributed by atoms with Crippen LogP contribution in [0, 0.1) is 11.3 Å². The molecular weight excluding hydrogens is 311 g/mol. The van der Waals surface area contributed by atoms with Crippen LogP contribution in [0.4, 0.5) is 5.69 Å². The fourth-order valence-electron chi connectivity index (χ4n) is 3.25. The van der Waals surface area contributed by atoms with Gasteiger partial charge in [0.1, 0.15) is 0 Å². The largest absolute Gasteiger partial charge is 0.494 e. The quantitative estimate of drug-likeness (QED) is 0.894. The molecule has 1 amide bonds. The first-order valence-electron chi connectivity index (χ1n) is 7.10. The summed E-state index contributed by atoms with van der Waals surface area (Å²) in [4.78, 5) is 12.4. The molecule has 2 aliphatic rings. The van der Waals surface area contributed by atoms with Crippen LogP contribution in [0.3, 0.4) is 0 Å². The number of benzene rings is 1. The first-order chi connectivity index (χ1) is 10.1. The van der Waals surface area contributed by atoms with Crippen molar-refractivity contribution in [3.05, 3.63) is 22.2 Å². The van der Waals surface area contributed by atoms with Gasteiger partial charge in [0.2, 0.25) is 5.91 Å². The van der Waals surface area contributed by atoms with Crippen molar-refractivity contribution < 1.29 is 9.53 Å². The Bertz CT molecular complexity index is 548. The number of carbonyl (C=O) groups excluding carboxylic acids is 1. The normalized spacial score (nSPS) is 22.9. The zero-order valence-corrected chi connectivity index (χ0v) is 13.4. The predicted molar refractivity (Wildman–Crippen MR) is 84.3 cm³/mol. The number of ether oxygens (including phenoxy) is 1. The molecule has 2 fully saturated rings. The van der Waals surface area contributed by atoms with Gasteiger partial charge in [0.05, 0.1) is 17.2 Å². The Morgan fingerprint density at radius 3 is 2.52 bits per heavy atom. The molecule has 4 nitrogen and oxygen atoms in total. The molecule has 1 saturated carbocycles. The molecule has 1 unspecified atom stereocenters. The minimum absolute atomic E-state index is 0.0641. The van der Waals surface area contributed by atoms with Crippen molar-refractivity contribution in [2.45, 2.75) is 19.3 Å². The van der Waals surface area contributed by atoms with Crippen LogP contribution >= 0.6 is 23.2 Å². The number of halogens is 2. The Labute approximate surface area is 134 Å². The van der Waals surface area contributed by atoms with Crippen LogP contribution in [0.2, 0.25) is 10.0 Å². The molecule has 21 heavy (non-hydrogen) atoms. The molecule has 1 aromatic rings. The lowest BCUT2D eigenvalue weighted by atomic mass is 9.92. The van der Waals surface area contributed by atoms with Gasteiger partial charge < -0.3 is 15.4 Å². The highest BCUT2D eigenvalue weighted by Crippen LogP contribution is 2.58. The molecule has 6 heteroatoms. The zero-order chi connectivity index (χ0) is 15.0. The van der Waals surface area contributed by atoms with E-state index in [1.807, 2.05) is 0 Å². The first-order valence-corrected chi connectivity index (χ1v) is 7.86. The van der Waals surface area contributed by atoms with Crippen LogP contribution in [-0.2, 0) is 4.79 Å². The highest BCUT2D eigenvalue weighted by Gasteiger charge is 2.57. The SMILES string of the molecule is COc1c(Cl)cc(NC(=O)C2CC23CCNCC3)cc1Cl. The third-order valence-corrected chi connectivity index (χ3v) is 5.14. The molecule has 1 atom stereocenters.